The van der Waals surface area contributed by atoms with E-state index in [1.165, 1.54) is 0 Å². The summed E-state index contributed by atoms with van der Waals surface area (Å²) in [7, 11) is 1.74. The Labute approximate surface area is 184 Å². The van der Waals surface area contributed by atoms with Gasteiger partial charge in [0, 0.05) is 38.9 Å². The molecule has 1 fully saturated rings. The molecule has 0 spiro atoms. The average molecular weight is 450 g/mol. The summed E-state index contributed by atoms with van der Waals surface area (Å²) in [4.78, 5) is 37.6. The molecule has 1 aliphatic rings. The lowest BCUT2D eigenvalue weighted by Gasteiger charge is -2.34. The largest absolute Gasteiger partial charge is 0.379 e. The lowest BCUT2D eigenvalue weighted by atomic mass is 10.2. The second-order valence-corrected chi connectivity index (χ2v) is 6.94. The van der Waals surface area contributed by atoms with Crippen LogP contribution in [-0.2, 0) is 11.3 Å². The summed E-state index contributed by atoms with van der Waals surface area (Å²) >= 11 is 0. The van der Waals surface area contributed by atoms with E-state index in [1.807, 2.05) is 11.5 Å². The smallest absolute Gasteiger partial charge is 0.257 e. The molecule has 166 valence electrons. The fourth-order valence-electron chi connectivity index (χ4n) is 3.68. The molecule has 2 amide bonds. The molecule has 4 rings (SSSR count). The van der Waals surface area contributed by atoms with Crippen molar-refractivity contribution in [3.63, 3.8) is 0 Å². The fourth-order valence-corrected chi connectivity index (χ4v) is 3.68. The van der Waals surface area contributed by atoms with E-state index >= 15 is 0 Å². The molecule has 0 bridgehead atoms. The zero-order valence-corrected chi connectivity index (χ0v) is 18.1. The first kappa shape index (κ1) is 22.4. The normalized spacial score (nSPS) is 14.0. The molecule has 3 aromatic heterocycles. The highest BCUT2D eigenvalue weighted by Gasteiger charge is 2.28. The third-order valence-electron chi connectivity index (χ3n) is 5.17. The number of halogens is 1. The Kier molecular flexibility index (Phi) is 6.71. The number of fused-ring (bicyclic) bond motifs is 1. The quantitative estimate of drug-likeness (QED) is 0.549. The number of nitrogens with two attached hydrogens (primary N) is 1. The number of anilines is 1. The number of likely N-dealkylation sites (N-methyl/N-ethyl adjacent to an activating group) is 1. The van der Waals surface area contributed by atoms with Crippen LogP contribution in [0.5, 0.6) is 0 Å². The first-order chi connectivity index (χ1) is 14.5. The molecule has 0 radical (unpaired) electrons. The number of pyridine rings is 1. The number of carbonyl (C=O) groups excluding carboxylic acids is 2. The van der Waals surface area contributed by atoms with Gasteiger partial charge in [0.15, 0.2) is 17.3 Å². The van der Waals surface area contributed by atoms with Crippen LogP contribution in [0.15, 0.2) is 17.0 Å². The van der Waals surface area contributed by atoms with Gasteiger partial charge in [-0.1, -0.05) is 0 Å². The first-order valence-corrected chi connectivity index (χ1v) is 9.69. The number of hydrogen-bond acceptors (Lipinski definition) is 9. The number of hydrogen-bond donors (Lipinski definition) is 2. The van der Waals surface area contributed by atoms with Crippen molar-refractivity contribution in [2.24, 2.45) is 0 Å². The van der Waals surface area contributed by atoms with E-state index < -0.39 is 0 Å². The van der Waals surface area contributed by atoms with Gasteiger partial charge in [0.1, 0.15) is 5.52 Å². The van der Waals surface area contributed by atoms with Crippen molar-refractivity contribution in [3.8, 4) is 11.5 Å². The monoisotopic (exact) mass is 449 g/mol. The van der Waals surface area contributed by atoms with Gasteiger partial charge in [0.05, 0.1) is 23.8 Å². The molecule has 13 heteroatoms. The molecular formula is C18H24ClN9O3. The number of rotatable bonds is 5. The molecule has 12 nitrogen and oxygen atoms in total. The number of piperazine rings is 1. The molecule has 31 heavy (non-hydrogen) atoms. The van der Waals surface area contributed by atoms with Gasteiger partial charge >= 0.3 is 0 Å². The lowest BCUT2D eigenvalue weighted by molar-refractivity contribution is -0.131. The van der Waals surface area contributed by atoms with E-state index in [4.69, 9.17) is 10.4 Å². The van der Waals surface area contributed by atoms with Crippen LogP contribution in [0.25, 0.3) is 22.6 Å². The van der Waals surface area contributed by atoms with Gasteiger partial charge in [-0.3, -0.25) is 14.6 Å². The van der Waals surface area contributed by atoms with Crippen molar-refractivity contribution in [3.05, 3.63) is 18.0 Å². The van der Waals surface area contributed by atoms with Crippen LogP contribution >= 0.6 is 12.4 Å². The van der Waals surface area contributed by atoms with Crippen LogP contribution in [-0.4, -0.2) is 86.2 Å². The highest BCUT2D eigenvalue weighted by Crippen LogP contribution is 2.28. The minimum absolute atomic E-state index is 0. The molecule has 0 aromatic carbocycles. The minimum Gasteiger partial charge on any atom is -0.379 e. The van der Waals surface area contributed by atoms with Gasteiger partial charge in [-0.05, 0) is 24.3 Å². The summed E-state index contributed by atoms with van der Waals surface area (Å²) in [6.45, 7) is 4.67. The molecule has 0 aliphatic carbocycles. The first-order valence-electron chi connectivity index (χ1n) is 9.69. The third kappa shape index (κ3) is 4.03. The Morgan fingerprint density at radius 2 is 1.87 bits per heavy atom. The second-order valence-electron chi connectivity index (χ2n) is 6.94. The lowest BCUT2D eigenvalue weighted by Crippen LogP contribution is -2.52. The van der Waals surface area contributed by atoms with Crippen molar-refractivity contribution in [2.45, 2.75) is 13.5 Å². The van der Waals surface area contributed by atoms with Gasteiger partial charge < -0.3 is 25.4 Å². The Morgan fingerprint density at radius 3 is 2.48 bits per heavy atom. The van der Waals surface area contributed by atoms with Crippen LogP contribution in [0.2, 0.25) is 0 Å². The number of nitrogens with one attached hydrogen (secondary N) is 1. The van der Waals surface area contributed by atoms with E-state index in [2.05, 4.69) is 25.6 Å². The topological polar surface area (TPSA) is 148 Å². The maximum absolute atomic E-state index is 13.3. The van der Waals surface area contributed by atoms with Crippen molar-refractivity contribution < 1.29 is 14.2 Å². The van der Waals surface area contributed by atoms with Crippen molar-refractivity contribution in [1.82, 2.24) is 40.0 Å². The van der Waals surface area contributed by atoms with E-state index in [1.54, 1.807) is 29.2 Å². The molecule has 1 saturated heterocycles. The Hall–Kier alpha value is -3.25. The van der Waals surface area contributed by atoms with Gasteiger partial charge in [0.2, 0.25) is 5.91 Å². The molecule has 0 unspecified atom stereocenters. The number of carbonyl (C=O) groups is 2. The Balaban J connectivity index is 0.00000272. The molecular weight excluding hydrogens is 426 g/mol. The predicted octanol–water partition coefficient (Wildman–Crippen LogP) is 0.00900. The van der Waals surface area contributed by atoms with Crippen LogP contribution < -0.4 is 11.1 Å². The zero-order chi connectivity index (χ0) is 21.3. The molecule has 0 atom stereocenters. The molecule has 4 heterocycles. The predicted molar refractivity (Wildman–Crippen MR) is 115 cm³/mol. The van der Waals surface area contributed by atoms with Crippen LogP contribution in [0.3, 0.4) is 0 Å². The van der Waals surface area contributed by atoms with E-state index in [0.29, 0.717) is 60.8 Å². The summed E-state index contributed by atoms with van der Waals surface area (Å²) in [5.74, 6) is 0.473. The molecule has 1 aliphatic heterocycles. The number of aryl methyl sites for hydroxylation is 1. The van der Waals surface area contributed by atoms with Crippen LogP contribution in [0, 0.1) is 0 Å². The summed E-state index contributed by atoms with van der Waals surface area (Å²) in [6, 6.07) is 0. The number of amides is 2. The van der Waals surface area contributed by atoms with Gasteiger partial charge in [-0.25, -0.2) is 9.61 Å². The number of imidazole rings is 1. The van der Waals surface area contributed by atoms with E-state index in [0.717, 1.165) is 0 Å². The zero-order valence-electron chi connectivity index (χ0n) is 17.2. The average Bonchev–Trinajstić information content (AvgIpc) is 3.35. The van der Waals surface area contributed by atoms with E-state index in [-0.39, 0.29) is 36.6 Å². The molecule has 0 saturated carbocycles. The van der Waals surface area contributed by atoms with Gasteiger partial charge in [-0.15, -0.1) is 12.4 Å². The minimum atomic E-state index is -0.152. The van der Waals surface area contributed by atoms with Crippen molar-refractivity contribution in [1.29, 1.82) is 0 Å². The summed E-state index contributed by atoms with van der Waals surface area (Å²) in [5, 5.41) is 10.3. The molecule has 3 N–H and O–H groups in total. The summed E-state index contributed by atoms with van der Waals surface area (Å²) in [6.07, 6.45) is 3.14. The summed E-state index contributed by atoms with van der Waals surface area (Å²) < 4.78 is 6.56. The second kappa shape index (κ2) is 9.27. The SMILES string of the molecule is CCn1c(-c2nonc2N)nc2cncc(C(=O)N3CCN(C(=O)CNC)CC3)c21.Cl. The van der Waals surface area contributed by atoms with Gasteiger partial charge in [-0.2, -0.15) is 0 Å². The Morgan fingerprint density at radius 1 is 1.16 bits per heavy atom. The number of aromatic nitrogens is 5. The van der Waals surface area contributed by atoms with Crippen LogP contribution in [0.4, 0.5) is 5.82 Å². The summed E-state index contributed by atoms with van der Waals surface area (Å²) in [5.41, 5.74) is 7.82. The number of nitrogens with zero attached hydrogens (tertiary/aromatic N) is 7. The highest BCUT2D eigenvalue weighted by molar-refractivity contribution is 6.05. The third-order valence-corrected chi connectivity index (χ3v) is 5.17. The van der Waals surface area contributed by atoms with Crippen molar-refractivity contribution in [2.75, 3.05) is 45.5 Å². The molecule has 3 aromatic rings. The standard InChI is InChI=1S/C18H23N9O3.ClH/c1-3-27-15-11(18(29)26-6-4-25(5-7-26)13(28)10-20-2)8-21-9-12(15)22-17(27)14-16(19)24-30-23-14;/h8-9,20H,3-7,10H2,1-2H3,(H2,19,24);1H. The van der Waals surface area contributed by atoms with E-state index in [9.17, 15) is 9.59 Å². The fraction of sp³-hybridized carbons (Fsp3) is 0.444. The number of nitrogen functional groups attached to an aromatic ring is 1. The Bertz CT molecular complexity index is 1090. The maximum atomic E-state index is 13.3. The highest BCUT2D eigenvalue weighted by atomic mass is 35.5. The van der Waals surface area contributed by atoms with Crippen LogP contribution in [0.1, 0.15) is 17.3 Å². The van der Waals surface area contributed by atoms with Gasteiger partial charge in [0.25, 0.3) is 5.91 Å². The maximum Gasteiger partial charge on any atom is 0.257 e. The van der Waals surface area contributed by atoms with Crippen molar-refractivity contribution >= 4 is 41.1 Å².